The summed E-state index contributed by atoms with van der Waals surface area (Å²) in [5, 5.41) is 3.34. The number of hydrogen-bond acceptors (Lipinski definition) is 1. The molecule has 0 aliphatic carbocycles. The number of halogens is 1. The van der Waals surface area contributed by atoms with Gasteiger partial charge in [-0.3, -0.25) is 0 Å². The molecule has 0 saturated heterocycles. The van der Waals surface area contributed by atoms with Gasteiger partial charge in [0.2, 0.25) is 0 Å². The van der Waals surface area contributed by atoms with Crippen molar-refractivity contribution in [2.75, 3.05) is 7.05 Å². The first-order valence-electron chi connectivity index (χ1n) is 7.60. The highest BCUT2D eigenvalue weighted by Gasteiger charge is 2.15. The first-order chi connectivity index (χ1) is 10.1. The first kappa shape index (κ1) is 15.7. The smallest absolute Gasteiger partial charge is 0.123 e. The number of aryl methyl sites for hydroxylation is 1. The second-order valence-electron chi connectivity index (χ2n) is 5.70. The van der Waals surface area contributed by atoms with E-state index in [4.69, 9.17) is 0 Å². The van der Waals surface area contributed by atoms with Crippen LogP contribution in [0.4, 0.5) is 4.39 Å². The van der Waals surface area contributed by atoms with E-state index in [0.29, 0.717) is 5.92 Å². The zero-order chi connectivity index (χ0) is 15.4. The normalized spacial score (nSPS) is 14.0. The zero-order valence-corrected chi connectivity index (χ0v) is 13.3. The highest BCUT2D eigenvalue weighted by atomic mass is 19.1. The van der Waals surface area contributed by atoms with Crippen molar-refractivity contribution in [3.63, 3.8) is 0 Å². The summed E-state index contributed by atoms with van der Waals surface area (Å²) in [5.74, 6) is 0.401. The predicted octanol–water partition coefficient (Wildman–Crippen LogP) is 4.96. The van der Waals surface area contributed by atoms with Crippen LogP contribution in [0.15, 0.2) is 42.5 Å². The van der Waals surface area contributed by atoms with E-state index < -0.39 is 0 Å². The van der Waals surface area contributed by atoms with Gasteiger partial charge >= 0.3 is 0 Å². The summed E-state index contributed by atoms with van der Waals surface area (Å²) >= 11 is 0. The van der Waals surface area contributed by atoms with E-state index in [-0.39, 0.29) is 11.9 Å². The Balaban J connectivity index is 2.33. The van der Waals surface area contributed by atoms with Crippen LogP contribution < -0.4 is 5.32 Å². The summed E-state index contributed by atoms with van der Waals surface area (Å²) in [6.07, 6.45) is 1.14. The first-order valence-corrected chi connectivity index (χ1v) is 7.60. The lowest BCUT2D eigenvalue weighted by atomic mass is 9.92. The quantitative estimate of drug-likeness (QED) is 0.819. The minimum atomic E-state index is -0.182. The van der Waals surface area contributed by atoms with Gasteiger partial charge in [-0.25, -0.2) is 4.39 Å². The van der Waals surface area contributed by atoms with Gasteiger partial charge in [-0.15, -0.1) is 0 Å². The van der Waals surface area contributed by atoms with E-state index in [2.05, 4.69) is 43.4 Å². The van der Waals surface area contributed by atoms with Crippen molar-refractivity contribution in [1.82, 2.24) is 5.32 Å². The standard InChI is InChI=1S/C19H24FN/c1-5-13(2)15-6-8-16(9-7-15)19(21-4)18-11-10-17(20)12-14(18)3/h6-13,19,21H,5H2,1-4H3. The third-order valence-corrected chi connectivity index (χ3v) is 4.28. The van der Waals surface area contributed by atoms with Crippen molar-refractivity contribution >= 4 is 0 Å². The lowest BCUT2D eigenvalue weighted by Crippen LogP contribution is -2.18. The summed E-state index contributed by atoms with van der Waals surface area (Å²) in [4.78, 5) is 0. The molecule has 0 heterocycles. The molecule has 0 bridgehead atoms. The van der Waals surface area contributed by atoms with Crippen molar-refractivity contribution in [3.8, 4) is 0 Å². The lowest BCUT2D eigenvalue weighted by Gasteiger charge is -2.20. The van der Waals surface area contributed by atoms with Gasteiger partial charge in [0.05, 0.1) is 6.04 Å². The van der Waals surface area contributed by atoms with E-state index in [9.17, 15) is 4.39 Å². The van der Waals surface area contributed by atoms with Crippen LogP contribution in [-0.4, -0.2) is 7.05 Å². The molecule has 0 radical (unpaired) electrons. The molecule has 2 heteroatoms. The number of benzene rings is 2. The highest BCUT2D eigenvalue weighted by molar-refractivity contribution is 5.38. The van der Waals surface area contributed by atoms with E-state index in [0.717, 1.165) is 17.5 Å². The van der Waals surface area contributed by atoms with Crippen molar-refractivity contribution in [1.29, 1.82) is 0 Å². The van der Waals surface area contributed by atoms with Crippen molar-refractivity contribution in [2.24, 2.45) is 0 Å². The molecule has 0 fully saturated rings. The van der Waals surface area contributed by atoms with Gasteiger partial charge in [-0.2, -0.15) is 0 Å². The third kappa shape index (κ3) is 3.51. The second-order valence-corrected chi connectivity index (χ2v) is 5.70. The number of rotatable bonds is 5. The van der Waals surface area contributed by atoms with Crippen molar-refractivity contribution in [2.45, 2.75) is 39.2 Å². The summed E-state index contributed by atoms with van der Waals surface area (Å²) in [6.45, 7) is 6.40. The molecule has 2 rings (SSSR count). The fourth-order valence-corrected chi connectivity index (χ4v) is 2.72. The molecule has 0 amide bonds. The largest absolute Gasteiger partial charge is 0.309 e. The summed E-state index contributed by atoms with van der Waals surface area (Å²) in [5.41, 5.74) is 4.67. The summed E-state index contributed by atoms with van der Waals surface area (Å²) in [6, 6.07) is 13.8. The van der Waals surface area contributed by atoms with Gasteiger partial charge in [-0.05, 0) is 60.7 Å². The predicted molar refractivity (Wildman–Crippen MR) is 87.2 cm³/mol. The molecule has 0 aromatic heterocycles. The van der Waals surface area contributed by atoms with Crippen LogP contribution in [0.2, 0.25) is 0 Å². The molecular weight excluding hydrogens is 261 g/mol. The molecule has 112 valence electrons. The summed E-state index contributed by atoms with van der Waals surface area (Å²) < 4.78 is 13.3. The number of hydrogen-bond donors (Lipinski definition) is 1. The van der Waals surface area contributed by atoms with Gasteiger partial charge < -0.3 is 5.32 Å². The van der Waals surface area contributed by atoms with Crippen LogP contribution in [0.5, 0.6) is 0 Å². The maximum atomic E-state index is 13.3. The third-order valence-electron chi connectivity index (χ3n) is 4.28. The Morgan fingerprint density at radius 1 is 1.05 bits per heavy atom. The Morgan fingerprint density at radius 2 is 1.67 bits per heavy atom. The SMILES string of the molecule is CCC(C)c1ccc(C(NC)c2ccc(F)cc2C)cc1. The minimum absolute atomic E-state index is 0.0941. The molecule has 1 nitrogen and oxygen atoms in total. The molecule has 0 aliphatic rings. The Bertz CT molecular complexity index is 589. The maximum Gasteiger partial charge on any atom is 0.123 e. The van der Waals surface area contributed by atoms with Crippen LogP contribution in [0, 0.1) is 12.7 Å². The molecule has 0 aliphatic heterocycles. The Labute approximate surface area is 127 Å². The van der Waals surface area contributed by atoms with Crippen LogP contribution in [0.25, 0.3) is 0 Å². The molecule has 1 N–H and O–H groups in total. The Kier molecular flexibility index (Phi) is 5.13. The molecule has 21 heavy (non-hydrogen) atoms. The molecule has 2 atom stereocenters. The summed E-state index contributed by atoms with van der Waals surface area (Å²) in [7, 11) is 1.94. The monoisotopic (exact) mass is 285 g/mol. The van der Waals surface area contributed by atoms with Crippen LogP contribution >= 0.6 is 0 Å². The van der Waals surface area contributed by atoms with Crippen molar-refractivity contribution in [3.05, 3.63) is 70.5 Å². The second kappa shape index (κ2) is 6.86. The van der Waals surface area contributed by atoms with Gasteiger partial charge in [0.1, 0.15) is 5.82 Å². The molecule has 2 unspecified atom stereocenters. The Morgan fingerprint density at radius 3 is 2.19 bits per heavy atom. The van der Waals surface area contributed by atoms with Crippen LogP contribution in [-0.2, 0) is 0 Å². The van der Waals surface area contributed by atoms with E-state index in [1.807, 2.05) is 20.0 Å². The highest BCUT2D eigenvalue weighted by Crippen LogP contribution is 2.27. The van der Waals surface area contributed by atoms with Gasteiger partial charge in [-0.1, -0.05) is 44.2 Å². The average Bonchev–Trinajstić information content (AvgIpc) is 2.50. The molecule has 2 aromatic rings. The van der Waals surface area contributed by atoms with Crippen LogP contribution in [0.3, 0.4) is 0 Å². The number of nitrogens with one attached hydrogen (secondary N) is 1. The fraction of sp³-hybridized carbons (Fsp3) is 0.368. The van der Waals surface area contributed by atoms with Gasteiger partial charge in [0.25, 0.3) is 0 Å². The lowest BCUT2D eigenvalue weighted by molar-refractivity contribution is 0.621. The van der Waals surface area contributed by atoms with Crippen molar-refractivity contribution < 1.29 is 4.39 Å². The minimum Gasteiger partial charge on any atom is -0.309 e. The molecular formula is C19H24FN. The molecule has 2 aromatic carbocycles. The van der Waals surface area contributed by atoms with Gasteiger partial charge in [0, 0.05) is 0 Å². The zero-order valence-electron chi connectivity index (χ0n) is 13.3. The van der Waals surface area contributed by atoms with E-state index in [1.165, 1.54) is 17.2 Å². The average molecular weight is 285 g/mol. The Hall–Kier alpha value is -1.67. The fourth-order valence-electron chi connectivity index (χ4n) is 2.72. The molecule has 0 saturated carbocycles. The van der Waals surface area contributed by atoms with Crippen LogP contribution in [0.1, 0.15) is 54.5 Å². The van der Waals surface area contributed by atoms with Gasteiger partial charge in [0.15, 0.2) is 0 Å². The molecule has 0 spiro atoms. The topological polar surface area (TPSA) is 12.0 Å². The van der Waals surface area contributed by atoms with E-state index >= 15 is 0 Å². The van der Waals surface area contributed by atoms with E-state index in [1.54, 1.807) is 6.07 Å². The maximum absolute atomic E-state index is 13.3.